The number of nitrogens with zero attached hydrogens (tertiary/aromatic N) is 4. The number of thioether (sulfide) groups is 1. The lowest BCUT2D eigenvalue weighted by atomic mass is 9.80. The third-order valence-corrected chi connectivity index (χ3v) is 6.96. The lowest BCUT2D eigenvalue weighted by Crippen LogP contribution is -2.49. The molecule has 2 aliphatic heterocycles. The van der Waals surface area contributed by atoms with E-state index >= 15 is 0 Å². The minimum atomic E-state index is -0.556. The van der Waals surface area contributed by atoms with Crippen molar-refractivity contribution in [1.82, 2.24) is 14.8 Å². The van der Waals surface area contributed by atoms with Gasteiger partial charge in [0.25, 0.3) is 5.91 Å². The van der Waals surface area contributed by atoms with Crippen LogP contribution in [0.2, 0.25) is 0 Å². The Morgan fingerprint density at radius 2 is 2.33 bits per heavy atom. The van der Waals surface area contributed by atoms with Crippen LogP contribution in [-0.4, -0.2) is 44.3 Å². The fourth-order valence-electron chi connectivity index (χ4n) is 3.62. The molecule has 0 bridgehead atoms. The molecule has 1 fully saturated rings. The molecular formula is C17H22N6O2S2. The number of anilines is 1. The SMILES string of the molecule is Cc1nn(C)cc1C(=O)Nc1csc([C@]23CO[C@@H](C)C[C@H]2CSC(N)=N3)n1. The molecule has 0 unspecified atom stereocenters. The number of ether oxygens (including phenoxy) is 1. The molecule has 3 N–H and O–H groups in total. The van der Waals surface area contributed by atoms with E-state index < -0.39 is 5.54 Å². The maximum Gasteiger partial charge on any atom is 0.260 e. The van der Waals surface area contributed by atoms with Crippen LogP contribution in [0, 0.1) is 12.8 Å². The number of nitrogens with two attached hydrogens (primary N) is 1. The number of amidine groups is 1. The quantitative estimate of drug-likeness (QED) is 0.808. The first-order valence-electron chi connectivity index (χ1n) is 8.74. The molecule has 0 radical (unpaired) electrons. The van der Waals surface area contributed by atoms with Gasteiger partial charge < -0.3 is 15.8 Å². The molecule has 3 atom stereocenters. The van der Waals surface area contributed by atoms with Crippen molar-refractivity contribution in [2.24, 2.45) is 23.7 Å². The van der Waals surface area contributed by atoms with E-state index in [2.05, 4.69) is 22.3 Å². The molecule has 1 amide bonds. The van der Waals surface area contributed by atoms with Gasteiger partial charge in [-0.1, -0.05) is 11.8 Å². The fraction of sp³-hybridized carbons (Fsp3) is 0.529. The second kappa shape index (κ2) is 6.92. The smallest absolute Gasteiger partial charge is 0.260 e. The summed E-state index contributed by atoms with van der Waals surface area (Å²) in [6.45, 7) is 4.35. The summed E-state index contributed by atoms with van der Waals surface area (Å²) >= 11 is 3.07. The Labute approximate surface area is 165 Å². The third kappa shape index (κ3) is 3.37. The van der Waals surface area contributed by atoms with Gasteiger partial charge in [0.1, 0.15) is 16.4 Å². The molecule has 4 heterocycles. The lowest BCUT2D eigenvalue weighted by molar-refractivity contribution is -0.0466. The van der Waals surface area contributed by atoms with Crippen LogP contribution >= 0.6 is 23.1 Å². The number of aliphatic imine (C=N–C) groups is 1. The number of amides is 1. The number of nitrogens with one attached hydrogen (secondary N) is 1. The molecule has 1 saturated heterocycles. The van der Waals surface area contributed by atoms with Crippen molar-refractivity contribution in [2.45, 2.75) is 31.9 Å². The minimum Gasteiger partial charge on any atom is -0.379 e. The van der Waals surface area contributed by atoms with Gasteiger partial charge in [-0.3, -0.25) is 9.48 Å². The molecule has 2 aromatic heterocycles. The summed E-state index contributed by atoms with van der Waals surface area (Å²) in [6.07, 6.45) is 2.82. The molecule has 10 heteroatoms. The average Bonchev–Trinajstić information content (AvgIpc) is 3.21. The standard InChI is InChI=1S/C17H22N6O2S2/c1-9-4-11-6-27-16(18)21-17(11,8-25-9)15-20-13(7-26-15)19-14(24)12-5-23(3)22-10(12)2/h5,7,9,11H,4,6,8H2,1-3H3,(H2,18,21)(H,19,24)/t9-,11-,17-/m0/s1. The van der Waals surface area contributed by atoms with E-state index in [1.54, 1.807) is 29.7 Å². The summed E-state index contributed by atoms with van der Waals surface area (Å²) in [5.41, 5.74) is 6.70. The van der Waals surface area contributed by atoms with Crippen LogP contribution in [0.4, 0.5) is 5.82 Å². The van der Waals surface area contributed by atoms with Crippen molar-refractivity contribution >= 4 is 40.0 Å². The van der Waals surface area contributed by atoms with Crippen molar-refractivity contribution in [3.63, 3.8) is 0 Å². The first kappa shape index (κ1) is 18.5. The first-order valence-corrected chi connectivity index (χ1v) is 10.6. The van der Waals surface area contributed by atoms with Gasteiger partial charge in [0.05, 0.1) is 24.0 Å². The third-order valence-electron chi connectivity index (χ3n) is 5.00. The summed E-state index contributed by atoms with van der Waals surface area (Å²) in [5.74, 6) is 1.51. The van der Waals surface area contributed by atoms with Gasteiger partial charge >= 0.3 is 0 Å². The normalized spacial score (nSPS) is 27.7. The molecule has 0 spiro atoms. The number of rotatable bonds is 3. The zero-order chi connectivity index (χ0) is 19.2. The molecule has 2 aliphatic rings. The largest absolute Gasteiger partial charge is 0.379 e. The summed E-state index contributed by atoms with van der Waals surface area (Å²) in [4.78, 5) is 22.0. The van der Waals surface area contributed by atoms with Crippen LogP contribution in [0.1, 0.15) is 34.4 Å². The number of carbonyl (C=O) groups is 1. The van der Waals surface area contributed by atoms with Gasteiger partial charge in [-0.05, 0) is 20.3 Å². The van der Waals surface area contributed by atoms with Gasteiger partial charge in [0, 0.05) is 30.3 Å². The van der Waals surface area contributed by atoms with Crippen LogP contribution in [-0.2, 0) is 17.3 Å². The fourth-order valence-corrected chi connectivity index (χ4v) is 5.59. The van der Waals surface area contributed by atoms with Crippen molar-refractivity contribution in [1.29, 1.82) is 0 Å². The Kier molecular flexibility index (Phi) is 4.73. The second-order valence-electron chi connectivity index (χ2n) is 7.03. The van der Waals surface area contributed by atoms with Gasteiger partial charge in [0.15, 0.2) is 5.17 Å². The number of aryl methyl sites for hydroxylation is 2. The van der Waals surface area contributed by atoms with Crippen LogP contribution in [0.3, 0.4) is 0 Å². The number of hydrogen-bond acceptors (Lipinski definition) is 8. The molecular weight excluding hydrogens is 384 g/mol. The van der Waals surface area contributed by atoms with Crippen LogP contribution in [0.25, 0.3) is 0 Å². The van der Waals surface area contributed by atoms with Gasteiger partial charge in [-0.2, -0.15) is 5.10 Å². The van der Waals surface area contributed by atoms with Crippen molar-refractivity contribution in [3.05, 3.63) is 27.8 Å². The summed E-state index contributed by atoms with van der Waals surface area (Å²) in [5, 5.41) is 10.3. The number of hydrogen-bond donors (Lipinski definition) is 2. The first-order chi connectivity index (χ1) is 12.9. The molecule has 0 aromatic carbocycles. The number of carbonyl (C=O) groups excluding carboxylic acids is 1. The van der Waals surface area contributed by atoms with Crippen molar-refractivity contribution in [3.8, 4) is 0 Å². The number of thiazole rings is 1. The van der Waals surface area contributed by atoms with E-state index in [0.29, 0.717) is 34.8 Å². The number of aromatic nitrogens is 3. The second-order valence-corrected chi connectivity index (χ2v) is 8.93. The Hall–Kier alpha value is -1.91. The summed E-state index contributed by atoms with van der Waals surface area (Å²) in [6, 6.07) is 0. The van der Waals surface area contributed by atoms with E-state index in [9.17, 15) is 4.79 Å². The van der Waals surface area contributed by atoms with E-state index in [0.717, 1.165) is 17.2 Å². The Morgan fingerprint density at radius 3 is 3.07 bits per heavy atom. The molecule has 4 rings (SSSR count). The molecule has 2 aromatic rings. The number of fused-ring (bicyclic) bond motifs is 1. The predicted octanol–water partition coefficient (Wildman–Crippen LogP) is 2.12. The monoisotopic (exact) mass is 406 g/mol. The zero-order valence-corrected chi connectivity index (χ0v) is 17.1. The molecule has 0 saturated carbocycles. The average molecular weight is 407 g/mol. The zero-order valence-electron chi connectivity index (χ0n) is 15.4. The minimum absolute atomic E-state index is 0.200. The van der Waals surface area contributed by atoms with Gasteiger partial charge in [-0.15, -0.1) is 11.3 Å². The Morgan fingerprint density at radius 1 is 1.52 bits per heavy atom. The van der Waals surface area contributed by atoms with E-state index in [-0.39, 0.29) is 12.0 Å². The highest BCUT2D eigenvalue weighted by molar-refractivity contribution is 8.13. The van der Waals surface area contributed by atoms with E-state index in [4.69, 9.17) is 15.5 Å². The Balaban J connectivity index is 1.60. The highest BCUT2D eigenvalue weighted by Crippen LogP contribution is 2.47. The highest BCUT2D eigenvalue weighted by Gasteiger charge is 2.49. The predicted molar refractivity (Wildman–Crippen MR) is 107 cm³/mol. The van der Waals surface area contributed by atoms with Crippen molar-refractivity contribution in [2.75, 3.05) is 17.7 Å². The van der Waals surface area contributed by atoms with E-state index in [1.165, 1.54) is 11.3 Å². The van der Waals surface area contributed by atoms with Gasteiger partial charge in [-0.25, -0.2) is 9.98 Å². The van der Waals surface area contributed by atoms with Crippen LogP contribution < -0.4 is 11.1 Å². The van der Waals surface area contributed by atoms with Gasteiger partial charge in [0.2, 0.25) is 0 Å². The van der Waals surface area contributed by atoms with E-state index in [1.807, 2.05) is 12.3 Å². The van der Waals surface area contributed by atoms with Crippen LogP contribution in [0.15, 0.2) is 16.6 Å². The maximum atomic E-state index is 12.5. The molecule has 27 heavy (non-hydrogen) atoms. The lowest BCUT2D eigenvalue weighted by Gasteiger charge is -2.44. The topological polar surface area (TPSA) is 107 Å². The highest BCUT2D eigenvalue weighted by atomic mass is 32.2. The van der Waals surface area contributed by atoms with Crippen LogP contribution in [0.5, 0.6) is 0 Å². The molecule has 8 nitrogen and oxygen atoms in total. The summed E-state index contributed by atoms with van der Waals surface area (Å²) in [7, 11) is 1.79. The summed E-state index contributed by atoms with van der Waals surface area (Å²) < 4.78 is 7.55. The molecule has 0 aliphatic carbocycles. The maximum absolute atomic E-state index is 12.5. The van der Waals surface area contributed by atoms with Crippen molar-refractivity contribution < 1.29 is 9.53 Å². The molecule has 144 valence electrons. The Bertz CT molecular complexity index is 907.